The summed E-state index contributed by atoms with van der Waals surface area (Å²) in [6, 6.07) is 0.385. The van der Waals surface area contributed by atoms with Crippen LogP contribution in [0, 0.1) is 0 Å². The molecule has 1 heterocycles. The number of nitrogens with one attached hydrogen (secondary N) is 2. The van der Waals surface area contributed by atoms with Gasteiger partial charge in [-0.3, -0.25) is 4.70 Å². The average Bonchev–Trinajstić information content (AvgIpc) is 2.70. The third-order valence-corrected chi connectivity index (χ3v) is 3.14. The molecule has 96 valence electrons. The fraction of sp³-hybridized carbons (Fsp3) is 0.600. The highest BCUT2D eigenvalue weighted by Gasteiger charge is 2.37. The van der Waals surface area contributed by atoms with E-state index >= 15 is 0 Å². The predicted molar refractivity (Wildman–Crippen MR) is 63.8 cm³/mol. The molecule has 1 fully saturated rings. The minimum Gasteiger partial charge on any atom is -0.477 e. The molecule has 0 radical (unpaired) electrons. The molecule has 1 saturated carbocycles. The van der Waals surface area contributed by atoms with Gasteiger partial charge in [0.15, 0.2) is 0 Å². The number of carboxylic acid groups (broad SMARTS) is 1. The smallest absolute Gasteiger partial charge is 0.369 e. The molecule has 5 nitrogen and oxygen atoms in total. The Kier molecular flexibility index (Phi) is 4.34. The molecule has 1 aliphatic carbocycles. The Hall–Kier alpha value is -1.30. The lowest BCUT2D eigenvalue weighted by atomic mass is 10.2. The molecule has 0 aromatic carbocycles. The van der Waals surface area contributed by atoms with Crippen molar-refractivity contribution >= 4 is 23.4 Å². The van der Waals surface area contributed by atoms with Gasteiger partial charge in [0.1, 0.15) is 5.84 Å². The van der Waals surface area contributed by atoms with Crippen molar-refractivity contribution in [2.45, 2.75) is 36.8 Å². The molecule has 2 rings (SSSR count). The van der Waals surface area contributed by atoms with Crippen molar-refractivity contribution in [2.24, 2.45) is 4.99 Å². The number of hydrogen-bond acceptors (Lipinski definition) is 4. The van der Waals surface area contributed by atoms with Gasteiger partial charge in [-0.05, 0) is 18.9 Å². The molecule has 2 aliphatic rings. The van der Waals surface area contributed by atoms with Crippen molar-refractivity contribution in [3.63, 3.8) is 0 Å². The van der Waals surface area contributed by atoms with Crippen LogP contribution in [0.5, 0.6) is 0 Å². The third-order valence-electron chi connectivity index (χ3n) is 2.78. The molecule has 3 N–H and O–H groups in total. The van der Waals surface area contributed by atoms with Gasteiger partial charge in [0.25, 0.3) is 0 Å². The van der Waals surface area contributed by atoms with E-state index in [1.165, 1.54) is 19.0 Å². The quantitative estimate of drug-likeness (QED) is 0.516. The zero-order valence-corrected chi connectivity index (χ0v) is 9.91. The molecule has 1 atom stereocenters. The van der Waals surface area contributed by atoms with Gasteiger partial charge in [-0.2, -0.15) is 0 Å². The highest BCUT2D eigenvalue weighted by Crippen LogP contribution is 2.20. The van der Waals surface area contributed by atoms with Crippen LogP contribution in [0.25, 0.3) is 0 Å². The fourth-order valence-electron chi connectivity index (χ4n) is 1.94. The lowest BCUT2D eigenvalue weighted by Gasteiger charge is -2.24. The second-order valence-corrected chi connectivity index (χ2v) is 4.57. The van der Waals surface area contributed by atoms with E-state index in [9.17, 15) is 4.79 Å². The van der Waals surface area contributed by atoms with Crippen molar-refractivity contribution in [3.8, 4) is 0 Å². The Bertz CT molecular complexity index is 355. The SMILES string of the molecule is F.O=C(O)C1(Cl)N=C(NC2CCCC2)C=CN1. The average molecular weight is 264 g/mol. The lowest BCUT2D eigenvalue weighted by molar-refractivity contribution is -0.140. The van der Waals surface area contributed by atoms with Crippen LogP contribution in [0.2, 0.25) is 0 Å². The molecule has 1 unspecified atom stereocenters. The van der Waals surface area contributed by atoms with Crippen LogP contribution in [0.1, 0.15) is 25.7 Å². The van der Waals surface area contributed by atoms with E-state index in [1.807, 2.05) is 0 Å². The maximum Gasteiger partial charge on any atom is 0.369 e. The maximum absolute atomic E-state index is 10.9. The van der Waals surface area contributed by atoms with Crippen molar-refractivity contribution in [3.05, 3.63) is 12.3 Å². The Balaban J connectivity index is 0.00000144. The van der Waals surface area contributed by atoms with Gasteiger partial charge >= 0.3 is 11.1 Å². The van der Waals surface area contributed by atoms with E-state index in [0.29, 0.717) is 11.9 Å². The van der Waals surface area contributed by atoms with Gasteiger partial charge in [0, 0.05) is 12.2 Å². The highest BCUT2D eigenvalue weighted by atomic mass is 35.5. The maximum atomic E-state index is 10.9. The lowest BCUT2D eigenvalue weighted by Crippen LogP contribution is -2.47. The number of hydrogen-bond donors (Lipinski definition) is 3. The molecule has 0 aromatic heterocycles. The van der Waals surface area contributed by atoms with Crippen LogP contribution in [0.15, 0.2) is 17.3 Å². The number of rotatable bonds is 2. The Morgan fingerprint density at radius 1 is 1.59 bits per heavy atom. The summed E-state index contributed by atoms with van der Waals surface area (Å²) in [5.74, 6) is -0.674. The van der Waals surface area contributed by atoms with Crippen molar-refractivity contribution in [2.75, 3.05) is 0 Å². The first-order chi connectivity index (χ1) is 7.60. The van der Waals surface area contributed by atoms with E-state index in [4.69, 9.17) is 16.7 Å². The summed E-state index contributed by atoms with van der Waals surface area (Å²) in [4.78, 5) is 14.8. The van der Waals surface area contributed by atoms with Crippen LogP contribution in [0.3, 0.4) is 0 Å². The Labute approximate surface area is 103 Å². The number of carbonyl (C=O) groups is 1. The molecule has 0 bridgehead atoms. The van der Waals surface area contributed by atoms with Gasteiger partial charge in [-0.1, -0.05) is 24.4 Å². The molecular formula is C10H15ClFN3O2. The van der Waals surface area contributed by atoms with Crippen molar-refractivity contribution in [1.29, 1.82) is 0 Å². The van der Waals surface area contributed by atoms with E-state index in [0.717, 1.165) is 12.8 Å². The summed E-state index contributed by atoms with van der Waals surface area (Å²) in [5, 5.41) is 12.9. The van der Waals surface area contributed by atoms with Gasteiger partial charge in [-0.15, -0.1) is 0 Å². The number of carboxylic acids is 1. The molecule has 0 amide bonds. The number of halogens is 2. The van der Waals surface area contributed by atoms with Gasteiger partial charge in [0.2, 0.25) is 0 Å². The summed E-state index contributed by atoms with van der Waals surface area (Å²) in [6.07, 6.45) is 7.81. The molecule has 0 spiro atoms. The summed E-state index contributed by atoms with van der Waals surface area (Å²) in [6.45, 7) is 0. The molecule has 7 heteroatoms. The minimum absolute atomic E-state index is 0. The number of amidine groups is 1. The number of aliphatic imine (C=N–C) groups is 1. The van der Waals surface area contributed by atoms with Gasteiger partial charge < -0.3 is 15.7 Å². The van der Waals surface area contributed by atoms with Crippen molar-refractivity contribution in [1.82, 2.24) is 10.6 Å². The summed E-state index contributed by atoms with van der Waals surface area (Å²) < 4.78 is 0. The predicted octanol–water partition coefficient (Wildman–Crippen LogP) is 1.16. The molecule has 0 saturated heterocycles. The molecular weight excluding hydrogens is 249 g/mol. The number of alkyl halides is 1. The van der Waals surface area contributed by atoms with E-state index in [-0.39, 0.29) is 4.70 Å². The van der Waals surface area contributed by atoms with Gasteiger partial charge in [-0.25, -0.2) is 9.79 Å². The summed E-state index contributed by atoms with van der Waals surface area (Å²) >= 11 is 5.80. The summed E-state index contributed by atoms with van der Waals surface area (Å²) in [7, 11) is 0. The number of nitrogens with zero attached hydrogens (tertiary/aromatic N) is 1. The first-order valence-corrected chi connectivity index (χ1v) is 5.71. The largest absolute Gasteiger partial charge is 0.477 e. The molecule has 1 aliphatic heterocycles. The van der Waals surface area contributed by atoms with E-state index in [2.05, 4.69) is 15.6 Å². The summed E-state index contributed by atoms with van der Waals surface area (Å²) in [5.41, 5.74) is 0. The van der Waals surface area contributed by atoms with Crippen LogP contribution in [-0.2, 0) is 4.79 Å². The second-order valence-electron chi connectivity index (χ2n) is 4.03. The van der Waals surface area contributed by atoms with Crippen LogP contribution in [0.4, 0.5) is 4.70 Å². The van der Waals surface area contributed by atoms with Crippen molar-refractivity contribution < 1.29 is 14.6 Å². The first-order valence-electron chi connectivity index (χ1n) is 5.33. The Morgan fingerprint density at radius 3 is 2.82 bits per heavy atom. The molecule has 0 aromatic rings. The molecule has 17 heavy (non-hydrogen) atoms. The van der Waals surface area contributed by atoms with E-state index in [1.54, 1.807) is 6.08 Å². The third kappa shape index (κ3) is 3.09. The van der Waals surface area contributed by atoms with Crippen LogP contribution < -0.4 is 10.6 Å². The first kappa shape index (κ1) is 13.8. The van der Waals surface area contributed by atoms with E-state index < -0.39 is 11.1 Å². The van der Waals surface area contributed by atoms with Crippen LogP contribution >= 0.6 is 11.6 Å². The zero-order valence-electron chi connectivity index (χ0n) is 9.15. The minimum atomic E-state index is -1.77. The topological polar surface area (TPSA) is 73.7 Å². The normalized spacial score (nSPS) is 27.9. The Morgan fingerprint density at radius 2 is 2.24 bits per heavy atom. The standard InChI is InChI=1S/C10H14ClN3O2.FH/c11-10(9(15)16)12-6-5-8(14-10)13-7-3-1-2-4-7;/h5-7,12H,1-4H2,(H,13,14)(H,15,16);1H. The number of aliphatic carboxylic acids is 1. The fourth-order valence-corrected chi connectivity index (χ4v) is 2.09. The second kappa shape index (κ2) is 5.35. The van der Waals surface area contributed by atoms with Crippen LogP contribution in [-0.4, -0.2) is 28.1 Å². The van der Waals surface area contributed by atoms with Gasteiger partial charge in [0.05, 0.1) is 0 Å². The highest BCUT2D eigenvalue weighted by molar-refractivity contribution is 6.34. The monoisotopic (exact) mass is 263 g/mol. The zero-order chi connectivity index (χ0) is 11.6.